The number of nitrogens with one attached hydrogen (secondary N) is 2. The third kappa shape index (κ3) is 6.48. The third-order valence-corrected chi connectivity index (χ3v) is 9.17. The Bertz CT molecular complexity index is 1760. The molecule has 44 heavy (non-hydrogen) atoms. The van der Waals surface area contributed by atoms with Crippen LogP contribution in [-0.4, -0.2) is 86.9 Å². The molecule has 234 valence electrons. The van der Waals surface area contributed by atoms with Crippen LogP contribution in [0.25, 0.3) is 11.0 Å². The van der Waals surface area contributed by atoms with Gasteiger partial charge in [0.1, 0.15) is 22.8 Å². The summed E-state index contributed by atoms with van der Waals surface area (Å²) in [6, 6.07) is 7.80. The van der Waals surface area contributed by atoms with Gasteiger partial charge in [-0.05, 0) is 43.1 Å². The van der Waals surface area contributed by atoms with Crippen LogP contribution in [-0.2, 0) is 16.4 Å². The average Bonchev–Trinajstić information content (AvgIpc) is 3.00. The van der Waals surface area contributed by atoms with Crippen LogP contribution in [0, 0.1) is 0 Å². The molecule has 13 heteroatoms. The van der Waals surface area contributed by atoms with Crippen LogP contribution in [0.5, 0.6) is 5.75 Å². The second-order valence-electron chi connectivity index (χ2n) is 11.3. The lowest BCUT2D eigenvalue weighted by atomic mass is 10.1. The van der Waals surface area contributed by atoms with Crippen LogP contribution in [0.3, 0.4) is 0 Å². The maximum Gasteiger partial charge on any atom is 0.232 e. The fraction of sp³-hybridized carbons (Fsp3) is 0.419. The van der Waals surface area contributed by atoms with Gasteiger partial charge in [0.05, 0.1) is 30.3 Å². The number of likely N-dealkylation sites (N-methyl/N-ethyl adjacent to an activating group) is 1. The molecule has 0 aliphatic carbocycles. The van der Waals surface area contributed by atoms with Crippen molar-refractivity contribution in [2.24, 2.45) is 0 Å². The summed E-state index contributed by atoms with van der Waals surface area (Å²) < 4.78 is 32.4. The molecule has 2 aromatic carbocycles. The Morgan fingerprint density at radius 1 is 1.02 bits per heavy atom. The van der Waals surface area contributed by atoms with Crippen LogP contribution >= 0.6 is 0 Å². The molecule has 4 aromatic rings. The van der Waals surface area contributed by atoms with E-state index in [1.54, 1.807) is 37.8 Å². The number of sulfonamides is 1. The Balaban J connectivity index is 1.54. The first-order valence-corrected chi connectivity index (χ1v) is 16.6. The number of aryl methyl sites for hydroxylation is 1. The zero-order valence-electron chi connectivity index (χ0n) is 26.4. The van der Waals surface area contributed by atoms with Crippen LogP contribution < -0.4 is 24.6 Å². The van der Waals surface area contributed by atoms with Crippen LogP contribution in [0.15, 0.2) is 42.9 Å². The van der Waals surface area contributed by atoms with Crippen molar-refractivity contribution in [2.45, 2.75) is 33.1 Å². The first-order valence-electron chi connectivity index (χ1n) is 14.7. The number of methoxy groups -OCH3 is 1. The predicted molar refractivity (Wildman–Crippen MR) is 178 cm³/mol. The van der Waals surface area contributed by atoms with Gasteiger partial charge in [-0.2, -0.15) is 4.98 Å². The van der Waals surface area contributed by atoms with Crippen molar-refractivity contribution in [3.63, 3.8) is 0 Å². The normalized spacial score (nSPS) is 14.2. The van der Waals surface area contributed by atoms with E-state index in [9.17, 15) is 8.42 Å². The third-order valence-electron chi connectivity index (χ3n) is 7.99. The molecular weight excluding hydrogens is 578 g/mol. The molecule has 0 atom stereocenters. The van der Waals surface area contributed by atoms with Gasteiger partial charge in [0, 0.05) is 69.1 Å². The van der Waals surface area contributed by atoms with Gasteiger partial charge in [0.2, 0.25) is 16.0 Å². The molecule has 1 saturated heterocycles. The Labute approximate surface area is 259 Å². The fourth-order valence-corrected chi connectivity index (χ4v) is 5.85. The molecule has 12 nitrogen and oxygen atoms in total. The van der Waals surface area contributed by atoms with Crippen molar-refractivity contribution in [3.05, 3.63) is 54.0 Å². The van der Waals surface area contributed by atoms with E-state index in [0.717, 1.165) is 50.1 Å². The lowest BCUT2D eigenvalue weighted by Crippen LogP contribution is -2.44. The molecule has 2 aromatic heterocycles. The molecule has 0 radical (unpaired) electrons. The monoisotopic (exact) mass is 619 g/mol. The van der Waals surface area contributed by atoms with E-state index in [4.69, 9.17) is 9.72 Å². The van der Waals surface area contributed by atoms with Crippen molar-refractivity contribution in [1.29, 1.82) is 0 Å². The molecule has 0 spiro atoms. The van der Waals surface area contributed by atoms with Crippen LogP contribution in [0.4, 0.5) is 34.5 Å². The minimum Gasteiger partial charge on any atom is -0.494 e. The van der Waals surface area contributed by atoms with Crippen molar-refractivity contribution in [3.8, 4) is 5.75 Å². The smallest absolute Gasteiger partial charge is 0.232 e. The Morgan fingerprint density at radius 3 is 2.41 bits per heavy atom. The second kappa shape index (κ2) is 12.8. The molecule has 5 rings (SSSR count). The quantitative estimate of drug-likeness (QED) is 0.255. The topological polar surface area (TPSA) is 129 Å². The van der Waals surface area contributed by atoms with Gasteiger partial charge in [-0.25, -0.2) is 13.4 Å². The van der Waals surface area contributed by atoms with Crippen molar-refractivity contribution < 1.29 is 13.2 Å². The number of piperazine rings is 1. The minimum absolute atomic E-state index is 0.0898. The van der Waals surface area contributed by atoms with E-state index in [0.29, 0.717) is 39.9 Å². The first kappa shape index (κ1) is 31.2. The van der Waals surface area contributed by atoms with Crippen LogP contribution in [0.1, 0.15) is 37.8 Å². The molecule has 3 heterocycles. The summed E-state index contributed by atoms with van der Waals surface area (Å²) in [4.78, 5) is 23.1. The number of nitrogens with zero attached hydrogens (tertiary/aromatic N) is 7. The van der Waals surface area contributed by atoms with Crippen LogP contribution in [0.2, 0.25) is 0 Å². The Morgan fingerprint density at radius 2 is 1.75 bits per heavy atom. The van der Waals surface area contributed by atoms with Crippen molar-refractivity contribution >= 4 is 55.6 Å². The summed E-state index contributed by atoms with van der Waals surface area (Å²) in [7, 11) is 1.71. The molecule has 1 aliphatic rings. The molecule has 0 unspecified atom stereocenters. The summed E-state index contributed by atoms with van der Waals surface area (Å²) in [6.45, 7) is 10.2. The van der Waals surface area contributed by atoms with Gasteiger partial charge in [0.25, 0.3) is 0 Å². The zero-order chi connectivity index (χ0) is 31.6. The van der Waals surface area contributed by atoms with Gasteiger partial charge in [0.15, 0.2) is 0 Å². The minimum atomic E-state index is -3.61. The van der Waals surface area contributed by atoms with Crippen molar-refractivity contribution in [1.82, 2.24) is 24.8 Å². The van der Waals surface area contributed by atoms with Gasteiger partial charge in [-0.1, -0.05) is 20.8 Å². The molecule has 0 amide bonds. The maximum atomic E-state index is 12.7. The molecular formula is C31H41N9O3S. The lowest BCUT2D eigenvalue weighted by molar-refractivity contribution is 0.312. The SMILES string of the molecule is CCc1cc(Nc2ncc(C(C)C)c(Nc3ccc4nccnc4c3N(C)S(C)(=O)=O)n2)c(OC)cc1N1CCN(C)CC1. The second-order valence-corrected chi connectivity index (χ2v) is 13.4. The summed E-state index contributed by atoms with van der Waals surface area (Å²) >= 11 is 0. The number of fused-ring (bicyclic) bond motifs is 1. The van der Waals surface area contributed by atoms with Gasteiger partial charge < -0.3 is 25.2 Å². The zero-order valence-corrected chi connectivity index (χ0v) is 27.2. The highest BCUT2D eigenvalue weighted by atomic mass is 32.2. The Hall–Kier alpha value is -4.23. The highest BCUT2D eigenvalue weighted by Gasteiger charge is 2.23. The summed E-state index contributed by atoms with van der Waals surface area (Å²) in [6.07, 6.45) is 6.93. The van der Waals surface area contributed by atoms with E-state index >= 15 is 0 Å². The number of hydrogen-bond acceptors (Lipinski definition) is 11. The molecule has 0 saturated carbocycles. The van der Waals surface area contributed by atoms with E-state index in [1.165, 1.54) is 22.6 Å². The van der Waals surface area contributed by atoms with Crippen molar-refractivity contribution in [2.75, 3.05) is 73.5 Å². The number of benzene rings is 2. The summed E-state index contributed by atoms with van der Waals surface area (Å²) in [5, 5.41) is 6.77. The first-order chi connectivity index (χ1) is 21.0. The van der Waals surface area contributed by atoms with Gasteiger partial charge in [-0.15, -0.1) is 0 Å². The Kier molecular flexibility index (Phi) is 9.07. The molecule has 1 fully saturated rings. The maximum absolute atomic E-state index is 12.7. The van der Waals surface area contributed by atoms with E-state index in [2.05, 4.69) is 75.3 Å². The fourth-order valence-electron chi connectivity index (χ4n) is 5.33. The predicted octanol–water partition coefficient (Wildman–Crippen LogP) is 4.75. The highest BCUT2D eigenvalue weighted by molar-refractivity contribution is 7.92. The molecule has 0 bridgehead atoms. The average molecular weight is 620 g/mol. The number of aromatic nitrogens is 4. The number of hydrogen-bond donors (Lipinski definition) is 2. The largest absolute Gasteiger partial charge is 0.494 e. The van der Waals surface area contributed by atoms with E-state index in [-0.39, 0.29) is 5.92 Å². The molecule has 1 aliphatic heterocycles. The number of rotatable bonds is 10. The summed E-state index contributed by atoms with van der Waals surface area (Å²) in [5.74, 6) is 1.72. The lowest BCUT2D eigenvalue weighted by Gasteiger charge is -2.35. The number of anilines is 6. The van der Waals surface area contributed by atoms with Gasteiger partial charge in [-0.3, -0.25) is 14.3 Å². The molecule has 2 N–H and O–H groups in total. The summed E-state index contributed by atoms with van der Waals surface area (Å²) in [5.41, 5.74) is 5.98. The number of ether oxygens (including phenoxy) is 1. The van der Waals surface area contributed by atoms with E-state index in [1.807, 2.05) is 0 Å². The van der Waals surface area contributed by atoms with E-state index < -0.39 is 10.0 Å². The van der Waals surface area contributed by atoms with Gasteiger partial charge >= 0.3 is 0 Å². The standard InChI is InChI=1S/C31H41N9O3S/c1-8-21-17-25(27(43-6)18-26(21)40-15-13-38(4)14-16-40)36-31-34-19-22(20(2)3)30(37-31)35-24-10-9-23-28(33-12-11-32-23)29(24)39(5)44(7,41)42/h9-12,17-20H,8,13-16H2,1-7H3,(H2,34,35,36,37). The highest BCUT2D eigenvalue weighted by Crippen LogP contribution is 2.38.